The van der Waals surface area contributed by atoms with Gasteiger partial charge in [-0.3, -0.25) is 19.7 Å². The third-order valence-corrected chi connectivity index (χ3v) is 3.79. The summed E-state index contributed by atoms with van der Waals surface area (Å²) in [5.41, 5.74) is 2.16. The second-order valence-corrected chi connectivity index (χ2v) is 7.38. The molecule has 1 atom stereocenters. The summed E-state index contributed by atoms with van der Waals surface area (Å²) in [6, 6.07) is 5.73. The van der Waals surface area contributed by atoms with E-state index in [1.54, 1.807) is 12.4 Å². The van der Waals surface area contributed by atoms with Crippen molar-refractivity contribution in [3.8, 4) is 11.4 Å². The zero-order chi connectivity index (χ0) is 18.3. The van der Waals surface area contributed by atoms with E-state index >= 15 is 0 Å². The molecule has 0 spiro atoms. The molecule has 2 rings (SSSR count). The van der Waals surface area contributed by atoms with Crippen LogP contribution in [-0.2, 0) is 16.0 Å². The number of pyridine rings is 1. The van der Waals surface area contributed by atoms with Crippen LogP contribution < -0.4 is 0 Å². The maximum atomic E-state index is 11.8. The summed E-state index contributed by atoms with van der Waals surface area (Å²) in [4.78, 5) is 25.0. The second-order valence-electron chi connectivity index (χ2n) is 7.38. The first-order valence-corrected chi connectivity index (χ1v) is 8.77. The van der Waals surface area contributed by atoms with Gasteiger partial charge in [0.2, 0.25) is 0 Å². The fraction of sp³-hybridized carbons (Fsp3) is 0.500. The van der Waals surface area contributed by atoms with Gasteiger partial charge in [-0.25, -0.2) is 0 Å². The zero-order valence-corrected chi connectivity index (χ0v) is 15.5. The van der Waals surface area contributed by atoms with Crippen molar-refractivity contribution >= 4 is 5.97 Å². The van der Waals surface area contributed by atoms with Crippen molar-refractivity contribution in [3.05, 3.63) is 42.5 Å². The molecule has 2 aromatic heterocycles. The molecular weight excluding hydrogens is 314 g/mol. The van der Waals surface area contributed by atoms with Crippen molar-refractivity contribution in [3.63, 3.8) is 0 Å². The number of rotatable bonds is 7. The lowest BCUT2D eigenvalue weighted by Gasteiger charge is -2.20. The zero-order valence-electron chi connectivity index (χ0n) is 15.5. The number of nitrogens with zero attached hydrogens (tertiary/aromatic N) is 3. The smallest absolute Gasteiger partial charge is 0.306 e. The van der Waals surface area contributed by atoms with Crippen molar-refractivity contribution in [2.24, 2.45) is 5.92 Å². The summed E-state index contributed by atoms with van der Waals surface area (Å²) in [6.45, 7) is 7.82. The molecular formula is C20H27N3O2. The predicted octanol–water partition coefficient (Wildman–Crippen LogP) is 4.23. The fourth-order valence-electron chi connectivity index (χ4n) is 2.43. The number of ether oxygens (including phenoxy) is 1. The van der Waals surface area contributed by atoms with Gasteiger partial charge in [0.05, 0.1) is 17.6 Å². The summed E-state index contributed by atoms with van der Waals surface area (Å²) in [5, 5.41) is 0. The van der Waals surface area contributed by atoms with Crippen molar-refractivity contribution < 1.29 is 9.53 Å². The number of aryl methyl sites for hydroxylation is 1. The molecule has 5 nitrogen and oxygen atoms in total. The van der Waals surface area contributed by atoms with Crippen molar-refractivity contribution in [1.82, 2.24) is 15.0 Å². The van der Waals surface area contributed by atoms with E-state index in [0.29, 0.717) is 12.3 Å². The molecule has 2 heterocycles. The lowest BCUT2D eigenvalue weighted by atomic mass is 9.99. The number of carbonyl (C=O) groups is 1. The Hall–Kier alpha value is -2.30. The van der Waals surface area contributed by atoms with Crippen molar-refractivity contribution in [2.75, 3.05) is 0 Å². The van der Waals surface area contributed by atoms with E-state index in [1.807, 2.05) is 45.2 Å². The molecule has 0 aromatic carbocycles. The lowest BCUT2D eigenvalue weighted by molar-refractivity contribution is -0.155. The Morgan fingerprint density at radius 2 is 1.88 bits per heavy atom. The fourth-order valence-corrected chi connectivity index (χ4v) is 2.43. The molecule has 25 heavy (non-hydrogen) atoms. The van der Waals surface area contributed by atoms with Gasteiger partial charge in [-0.15, -0.1) is 0 Å². The highest BCUT2D eigenvalue weighted by Gasteiger charge is 2.16. The molecule has 0 aliphatic rings. The van der Waals surface area contributed by atoms with Crippen LogP contribution in [0.15, 0.2) is 36.8 Å². The van der Waals surface area contributed by atoms with Crippen LogP contribution >= 0.6 is 0 Å². The van der Waals surface area contributed by atoms with E-state index in [4.69, 9.17) is 4.74 Å². The van der Waals surface area contributed by atoms with Crippen LogP contribution in [0.2, 0.25) is 0 Å². The van der Waals surface area contributed by atoms with Crippen LogP contribution in [0.4, 0.5) is 0 Å². The molecule has 2 aromatic rings. The molecule has 1 unspecified atom stereocenters. The van der Waals surface area contributed by atoms with E-state index < -0.39 is 5.60 Å². The number of esters is 1. The third kappa shape index (κ3) is 6.99. The minimum atomic E-state index is -0.411. The standard InChI is InChI=1S/C20H27N3O2/c1-15(9-11-19(24)25-20(2,3)4)8-10-16-13-23-18(14-22-16)17-7-5-6-12-21-17/h5-7,12-15H,8-11H2,1-4H3. The minimum absolute atomic E-state index is 0.126. The van der Waals surface area contributed by atoms with Gasteiger partial charge in [0, 0.05) is 18.8 Å². The number of carbonyl (C=O) groups excluding carboxylic acids is 1. The first-order valence-electron chi connectivity index (χ1n) is 8.77. The predicted molar refractivity (Wildman–Crippen MR) is 97.8 cm³/mol. The monoisotopic (exact) mass is 341 g/mol. The Morgan fingerprint density at radius 1 is 1.08 bits per heavy atom. The minimum Gasteiger partial charge on any atom is -0.460 e. The summed E-state index contributed by atoms with van der Waals surface area (Å²) in [5.74, 6) is 0.309. The van der Waals surface area contributed by atoms with Gasteiger partial charge < -0.3 is 4.74 Å². The normalized spacial score (nSPS) is 12.6. The Bertz CT molecular complexity index is 664. The molecule has 0 saturated carbocycles. The summed E-state index contributed by atoms with van der Waals surface area (Å²) in [6.07, 6.45) is 8.44. The Kier molecular flexibility index (Phi) is 6.62. The van der Waals surface area contributed by atoms with Crippen LogP contribution in [0.1, 0.15) is 52.7 Å². The SMILES string of the molecule is CC(CCC(=O)OC(C)(C)C)CCc1cnc(-c2ccccn2)cn1. The molecule has 134 valence electrons. The van der Waals surface area contributed by atoms with Crippen LogP contribution in [0.5, 0.6) is 0 Å². The Labute approximate surface area is 149 Å². The van der Waals surface area contributed by atoms with E-state index in [0.717, 1.165) is 36.3 Å². The lowest BCUT2D eigenvalue weighted by Crippen LogP contribution is -2.24. The average Bonchev–Trinajstić information content (AvgIpc) is 2.58. The van der Waals surface area contributed by atoms with Crippen LogP contribution in [0, 0.1) is 5.92 Å². The first kappa shape index (κ1) is 19.0. The van der Waals surface area contributed by atoms with E-state index in [-0.39, 0.29) is 5.97 Å². The molecule has 0 bridgehead atoms. The highest BCUT2D eigenvalue weighted by atomic mass is 16.6. The Balaban J connectivity index is 1.76. The molecule has 0 N–H and O–H groups in total. The largest absolute Gasteiger partial charge is 0.460 e. The first-order chi connectivity index (χ1) is 11.8. The van der Waals surface area contributed by atoms with Gasteiger partial charge in [0.1, 0.15) is 11.3 Å². The summed E-state index contributed by atoms with van der Waals surface area (Å²) >= 11 is 0. The molecule has 5 heteroatoms. The van der Waals surface area contributed by atoms with E-state index in [1.165, 1.54) is 0 Å². The van der Waals surface area contributed by atoms with Gasteiger partial charge in [-0.1, -0.05) is 13.0 Å². The summed E-state index contributed by atoms with van der Waals surface area (Å²) in [7, 11) is 0. The molecule has 0 amide bonds. The molecule has 0 fully saturated rings. The maximum Gasteiger partial charge on any atom is 0.306 e. The van der Waals surface area contributed by atoms with Crippen LogP contribution in [0.25, 0.3) is 11.4 Å². The average molecular weight is 341 g/mol. The van der Waals surface area contributed by atoms with Gasteiger partial charge in [0.15, 0.2) is 0 Å². The second kappa shape index (κ2) is 8.70. The highest BCUT2D eigenvalue weighted by molar-refractivity contribution is 5.69. The van der Waals surface area contributed by atoms with E-state index in [2.05, 4.69) is 21.9 Å². The van der Waals surface area contributed by atoms with E-state index in [9.17, 15) is 4.79 Å². The van der Waals surface area contributed by atoms with Crippen molar-refractivity contribution in [2.45, 2.75) is 59.0 Å². The number of hydrogen-bond acceptors (Lipinski definition) is 5. The van der Waals surface area contributed by atoms with Gasteiger partial charge >= 0.3 is 5.97 Å². The Morgan fingerprint density at radius 3 is 2.48 bits per heavy atom. The van der Waals surface area contributed by atoms with Crippen LogP contribution in [0.3, 0.4) is 0 Å². The van der Waals surface area contributed by atoms with Crippen LogP contribution in [-0.4, -0.2) is 26.5 Å². The number of aromatic nitrogens is 3. The van der Waals surface area contributed by atoms with Crippen molar-refractivity contribution in [1.29, 1.82) is 0 Å². The topological polar surface area (TPSA) is 65.0 Å². The molecule has 0 saturated heterocycles. The quantitative estimate of drug-likeness (QED) is 0.705. The number of hydrogen-bond donors (Lipinski definition) is 0. The van der Waals surface area contributed by atoms with Gasteiger partial charge in [-0.2, -0.15) is 0 Å². The molecule has 0 aliphatic carbocycles. The van der Waals surface area contributed by atoms with Gasteiger partial charge in [-0.05, 0) is 58.1 Å². The highest BCUT2D eigenvalue weighted by Crippen LogP contribution is 2.17. The molecule has 0 radical (unpaired) electrons. The third-order valence-electron chi connectivity index (χ3n) is 3.79. The maximum absolute atomic E-state index is 11.8. The van der Waals surface area contributed by atoms with Gasteiger partial charge in [0.25, 0.3) is 0 Å². The summed E-state index contributed by atoms with van der Waals surface area (Å²) < 4.78 is 5.34. The molecule has 0 aliphatic heterocycles.